The fourth-order valence-electron chi connectivity index (χ4n) is 3.95. The predicted octanol–water partition coefficient (Wildman–Crippen LogP) is 4.14. The molecule has 0 unspecified atom stereocenters. The number of furan rings is 1. The van der Waals surface area contributed by atoms with Crippen LogP contribution in [0.25, 0.3) is 50.0 Å². The summed E-state index contributed by atoms with van der Waals surface area (Å²) in [5, 5.41) is 12.1. The number of fused-ring (bicyclic) bond motifs is 2. The number of aromatic amines is 2. The second-order valence-corrected chi connectivity index (χ2v) is 7.19. The monoisotopic (exact) mass is 382 g/mol. The minimum absolute atomic E-state index is 0.811. The summed E-state index contributed by atoms with van der Waals surface area (Å²) in [6, 6.07) is 8.16. The van der Waals surface area contributed by atoms with Crippen LogP contribution in [0.1, 0.15) is 12.1 Å². The summed E-state index contributed by atoms with van der Waals surface area (Å²) in [5.74, 6) is 0. The first kappa shape index (κ1) is 16.3. The SMILES string of the molecule is C1=C(c2ccc3[nH]nc(-c4cc5c(-c6ccoc6)cncc5[nH]4)c3n2)CCNC1. The summed E-state index contributed by atoms with van der Waals surface area (Å²) in [7, 11) is 0. The molecule has 142 valence electrons. The van der Waals surface area contributed by atoms with Crippen LogP contribution >= 0.6 is 0 Å². The second-order valence-electron chi connectivity index (χ2n) is 7.19. The summed E-state index contributed by atoms with van der Waals surface area (Å²) in [5.41, 5.74) is 8.77. The van der Waals surface area contributed by atoms with E-state index in [4.69, 9.17) is 9.40 Å². The van der Waals surface area contributed by atoms with Crippen LogP contribution < -0.4 is 5.32 Å². The second kappa shape index (κ2) is 6.42. The zero-order valence-corrected chi connectivity index (χ0v) is 15.6. The molecular formula is C22H18N6O. The Balaban J connectivity index is 1.50. The average molecular weight is 382 g/mol. The maximum absolute atomic E-state index is 5.25. The van der Waals surface area contributed by atoms with E-state index in [2.05, 4.69) is 49.8 Å². The van der Waals surface area contributed by atoms with Crippen LogP contribution in [-0.4, -0.2) is 38.2 Å². The van der Waals surface area contributed by atoms with Crippen LogP contribution in [0, 0.1) is 0 Å². The number of nitrogens with one attached hydrogen (secondary N) is 3. The minimum Gasteiger partial charge on any atom is -0.472 e. The molecule has 5 aromatic heterocycles. The van der Waals surface area contributed by atoms with E-state index in [0.29, 0.717) is 0 Å². The lowest BCUT2D eigenvalue weighted by Gasteiger charge is -2.13. The Morgan fingerprint density at radius 1 is 1.07 bits per heavy atom. The van der Waals surface area contributed by atoms with Crippen LogP contribution in [0.5, 0.6) is 0 Å². The molecule has 0 aromatic carbocycles. The van der Waals surface area contributed by atoms with E-state index in [1.54, 1.807) is 12.5 Å². The molecule has 7 nitrogen and oxygen atoms in total. The van der Waals surface area contributed by atoms with E-state index >= 15 is 0 Å². The van der Waals surface area contributed by atoms with Crippen LogP contribution in [0.4, 0.5) is 0 Å². The molecule has 1 aliphatic rings. The van der Waals surface area contributed by atoms with Gasteiger partial charge in [-0.3, -0.25) is 10.1 Å². The van der Waals surface area contributed by atoms with Crippen molar-refractivity contribution in [3.8, 4) is 22.5 Å². The van der Waals surface area contributed by atoms with Crippen LogP contribution in [0.3, 0.4) is 0 Å². The molecule has 6 rings (SSSR count). The largest absolute Gasteiger partial charge is 0.472 e. The van der Waals surface area contributed by atoms with Gasteiger partial charge >= 0.3 is 0 Å². The molecule has 0 saturated heterocycles. The fraction of sp³-hybridized carbons (Fsp3) is 0.136. The predicted molar refractivity (Wildman–Crippen MR) is 112 cm³/mol. The van der Waals surface area contributed by atoms with Gasteiger partial charge in [0.25, 0.3) is 0 Å². The molecule has 0 atom stereocenters. The van der Waals surface area contributed by atoms with Crippen molar-refractivity contribution in [1.29, 1.82) is 0 Å². The fourth-order valence-corrected chi connectivity index (χ4v) is 3.95. The van der Waals surface area contributed by atoms with Gasteiger partial charge in [-0.05, 0) is 42.8 Å². The Kier molecular flexibility index (Phi) is 3.60. The van der Waals surface area contributed by atoms with Gasteiger partial charge in [0.1, 0.15) is 11.2 Å². The number of aromatic nitrogens is 5. The topological polar surface area (TPSA) is 95.4 Å². The van der Waals surface area contributed by atoms with Crippen LogP contribution in [0.2, 0.25) is 0 Å². The zero-order valence-electron chi connectivity index (χ0n) is 15.6. The number of pyridine rings is 2. The van der Waals surface area contributed by atoms with Crippen molar-refractivity contribution >= 4 is 27.5 Å². The molecule has 0 bridgehead atoms. The van der Waals surface area contributed by atoms with Crippen molar-refractivity contribution in [2.45, 2.75) is 6.42 Å². The van der Waals surface area contributed by atoms with E-state index in [1.807, 2.05) is 18.5 Å². The van der Waals surface area contributed by atoms with Gasteiger partial charge in [0.2, 0.25) is 0 Å². The van der Waals surface area contributed by atoms with E-state index in [0.717, 1.165) is 69.7 Å². The standard InChI is InChI=1S/C22H18N6O/c1-2-18-21(26-17(1)13-3-6-23-7-4-13)22(28-27-18)19-9-15-16(14-5-8-29-12-14)10-24-11-20(15)25-19/h1-3,5,8-12,23,25H,4,6-7H2,(H,27,28). The highest BCUT2D eigenvalue weighted by Gasteiger charge is 2.16. The van der Waals surface area contributed by atoms with Crippen molar-refractivity contribution in [2.75, 3.05) is 13.1 Å². The molecule has 6 heterocycles. The van der Waals surface area contributed by atoms with E-state index < -0.39 is 0 Å². The minimum atomic E-state index is 0.811. The van der Waals surface area contributed by atoms with Crippen molar-refractivity contribution in [1.82, 2.24) is 30.5 Å². The first-order valence-corrected chi connectivity index (χ1v) is 9.62. The summed E-state index contributed by atoms with van der Waals surface area (Å²) in [4.78, 5) is 12.8. The molecule has 7 heteroatoms. The van der Waals surface area contributed by atoms with Crippen LogP contribution in [0.15, 0.2) is 59.7 Å². The molecule has 0 aliphatic carbocycles. The Bertz CT molecular complexity index is 1360. The van der Waals surface area contributed by atoms with Gasteiger partial charge < -0.3 is 14.7 Å². The van der Waals surface area contributed by atoms with E-state index in [1.165, 1.54) is 5.57 Å². The molecule has 3 N–H and O–H groups in total. The third-order valence-corrected chi connectivity index (χ3v) is 5.43. The van der Waals surface area contributed by atoms with E-state index in [9.17, 15) is 0 Å². The van der Waals surface area contributed by atoms with Gasteiger partial charge in [-0.2, -0.15) is 5.10 Å². The van der Waals surface area contributed by atoms with Gasteiger partial charge in [0.15, 0.2) is 0 Å². The molecule has 29 heavy (non-hydrogen) atoms. The highest BCUT2D eigenvalue weighted by Crippen LogP contribution is 2.33. The molecule has 0 saturated carbocycles. The number of H-pyrrole nitrogens is 2. The maximum atomic E-state index is 5.25. The molecule has 0 fully saturated rings. The molecule has 0 amide bonds. The summed E-state index contributed by atoms with van der Waals surface area (Å²) >= 11 is 0. The lowest BCUT2D eigenvalue weighted by Crippen LogP contribution is -2.20. The first-order chi connectivity index (χ1) is 14.4. The van der Waals surface area contributed by atoms with Gasteiger partial charge in [-0.1, -0.05) is 6.08 Å². The van der Waals surface area contributed by atoms with Crippen molar-refractivity contribution < 1.29 is 4.42 Å². The summed E-state index contributed by atoms with van der Waals surface area (Å²) in [6.45, 7) is 1.87. The van der Waals surface area contributed by atoms with Gasteiger partial charge in [-0.15, -0.1) is 0 Å². The number of nitrogens with zero attached hydrogens (tertiary/aromatic N) is 3. The lowest BCUT2D eigenvalue weighted by molar-refractivity contribution is 0.568. The van der Waals surface area contributed by atoms with Gasteiger partial charge in [0.05, 0.1) is 41.1 Å². The quantitative estimate of drug-likeness (QED) is 0.436. The molecule has 0 spiro atoms. The number of hydrogen-bond acceptors (Lipinski definition) is 5. The highest BCUT2D eigenvalue weighted by molar-refractivity contribution is 5.99. The normalized spacial score (nSPS) is 14.6. The third kappa shape index (κ3) is 2.67. The Labute approximate surface area is 165 Å². The highest BCUT2D eigenvalue weighted by atomic mass is 16.3. The van der Waals surface area contributed by atoms with E-state index in [-0.39, 0.29) is 0 Å². The van der Waals surface area contributed by atoms with Crippen molar-refractivity contribution in [3.05, 3.63) is 61.0 Å². The lowest BCUT2D eigenvalue weighted by atomic mass is 10.0. The number of rotatable bonds is 3. The van der Waals surface area contributed by atoms with Crippen LogP contribution in [-0.2, 0) is 0 Å². The summed E-state index contributed by atoms with van der Waals surface area (Å²) in [6.07, 6.45) is 10.3. The zero-order chi connectivity index (χ0) is 19.2. The Morgan fingerprint density at radius 3 is 2.93 bits per heavy atom. The van der Waals surface area contributed by atoms with Gasteiger partial charge in [-0.25, -0.2) is 4.98 Å². The van der Waals surface area contributed by atoms with Crippen molar-refractivity contribution in [3.63, 3.8) is 0 Å². The third-order valence-electron chi connectivity index (χ3n) is 5.43. The Morgan fingerprint density at radius 2 is 2.07 bits per heavy atom. The summed E-state index contributed by atoms with van der Waals surface area (Å²) < 4.78 is 5.25. The Hall–Kier alpha value is -3.71. The smallest absolute Gasteiger partial charge is 0.135 e. The molecular weight excluding hydrogens is 364 g/mol. The van der Waals surface area contributed by atoms with Crippen molar-refractivity contribution in [2.24, 2.45) is 0 Å². The number of hydrogen-bond donors (Lipinski definition) is 3. The molecule has 0 radical (unpaired) electrons. The molecule has 5 aromatic rings. The first-order valence-electron chi connectivity index (χ1n) is 9.62. The van der Waals surface area contributed by atoms with Gasteiger partial charge in [0, 0.05) is 29.3 Å². The molecule has 1 aliphatic heterocycles. The average Bonchev–Trinajstić information content (AvgIpc) is 3.52. The maximum Gasteiger partial charge on any atom is 0.135 e.